The zero-order chi connectivity index (χ0) is 23.0. The highest BCUT2D eigenvalue weighted by Gasteiger charge is 2.37. The first-order valence-corrected chi connectivity index (χ1v) is 12.2. The second-order valence-corrected chi connectivity index (χ2v) is 10.2. The van der Waals surface area contributed by atoms with Gasteiger partial charge in [-0.3, -0.25) is 4.98 Å². The summed E-state index contributed by atoms with van der Waals surface area (Å²) in [4.78, 5) is 23.0. The average molecular weight is 466 g/mol. The van der Waals surface area contributed by atoms with Gasteiger partial charge in [-0.1, -0.05) is 31.0 Å². The maximum atomic E-state index is 13.6. The van der Waals surface area contributed by atoms with Gasteiger partial charge in [-0.05, 0) is 50.1 Å². The van der Waals surface area contributed by atoms with Gasteiger partial charge in [-0.2, -0.15) is 4.98 Å². The molecule has 33 heavy (non-hydrogen) atoms. The van der Waals surface area contributed by atoms with Crippen molar-refractivity contribution in [2.75, 3.05) is 9.62 Å². The minimum Gasteiger partial charge on any atom is -0.408 e. The van der Waals surface area contributed by atoms with Crippen molar-refractivity contribution in [2.24, 2.45) is 0 Å². The Labute approximate surface area is 190 Å². The number of rotatable bonds is 6. The summed E-state index contributed by atoms with van der Waals surface area (Å²) in [6.07, 6.45) is 4.65. The van der Waals surface area contributed by atoms with Gasteiger partial charge in [0, 0.05) is 17.4 Å². The van der Waals surface area contributed by atoms with E-state index in [9.17, 15) is 13.2 Å². The van der Waals surface area contributed by atoms with Crippen LogP contribution in [-0.4, -0.2) is 28.6 Å². The molecule has 0 unspecified atom stereocenters. The summed E-state index contributed by atoms with van der Waals surface area (Å²) in [5, 5.41) is 2.75. The molecule has 0 spiro atoms. The van der Waals surface area contributed by atoms with Crippen LogP contribution in [0.2, 0.25) is 0 Å². The molecule has 2 N–H and O–H groups in total. The molecule has 1 aliphatic rings. The van der Waals surface area contributed by atoms with Gasteiger partial charge < -0.3 is 9.73 Å². The van der Waals surface area contributed by atoms with Crippen LogP contribution in [0.1, 0.15) is 31.2 Å². The van der Waals surface area contributed by atoms with Crippen LogP contribution in [-0.2, 0) is 10.0 Å². The molecule has 10 heteroatoms. The molecule has 9 nitrogen and oxygen atoms in total. The molecule has 5 rings (SSSR count). The number of benzene rings is 2. The molecule has 0 saturated heterocycles. The minimum absolute atomic E-state index is 0.0824. The van der Waals surface area contributed by atoms with Crippen molar-refractivity contribution in [1.82, 2.24) is 15.0 Å². The summed E-state index contributed by atoms with van der Waals surface area (Å²) in [7, 11) is -3.71. The van der Waals surface area contributed by atoms with Crippen LogP contribution in [0.15, 0.2) is 63.9 Å². The van der Waals surface area contributed by atoms with Crippen molar-refractivity contribution in [2.45, 2.75) is 37.9 Å². The van der Waals surface area contributed by atoms with Gasteiger partial charge in [-0.25, -0.2) is 22.5 Å². The first kappa shape index (κ1) is 21.2. The summed E-state index contributed by atoms with van der Waals surface area (Å²) >= 11 is 0. The Hall–Kier alpha value is -3.66. The second-order valence-electron chi connectivity index (χ2n) is 8.10. The highest BCUT2D eigenvalue weighted by atomic mass is 32.2. The van der Waals surface area contributed by atoms with Gasteiger partial charge in [0.15, 0.2) is 5.58 Å². The molecule has 4 aromatic rings. The SMILES string of the molecule is Cc1cnc(N(c2ccccc2)S(=O)(=O)C2CCCC2)nc1Nc1ccc2oc(=O)[nH]c2c1. The lowest BCUT2D eigenvalue weighted by atomic mass is 10.2. The smallest absolute Gasteiger partial charge is 0.408 e. The molecule has 0 amide bonds. The quantitative estimate of drug-likeness (QED) is 0.433. The Balaban J connectivity index is 1.56. The van der Waals surface area contributed by atoms with Crippen LogP contribution in [0.25, 0.3) is 11.1 Å². The number of nitrogens with one attached hydrogen (secondary N) is 2. The van der Waals surface area contributed by atoms with E-state index in [0.717, 1.165) is 18.4 Å². The third-order valence-corrected chi connectivity index (χ3v) is 7.99. The van der Waals surface area contributed by atoms with Gasteiger partial charge >= 0.3 is 5.76 Å². The normalized spacial score (nSPS) is 14.6. The van der Waals surface area contributed by atoms with E-state index in [1.807, 2.05) is 13.0 Å². The van der Waals surface area contributed by atoms with Crippen molar-refractivity contribution < 1.29 is 12.8 Å². The summed E-state index contributed by atoms with van der Waals surface area (Å²) < 4.78 is 33.5. The van der Waals surface area contributed by atoms with Crippen LogP contribution in [0.5, 0.6) is 0 Å². The first-order chi connectivity index (χ1) is 15.9. The summed E-state index contributed by atoms with van der Waals surface area (Å²) in [5.74, 6) is 0.0185. The van der Waals surface area contributed by atoms with Gasteiger partial charge in [-0.15, -0.1) is 0 Å². The highest BCUT2D eigenvalue weighted by molar-refractivity contribution is 7.93. The number of para-hydroxylation sites is 1. The van der Waals surface area contributed by atoms with E-state index >= 15 is 0 Å². The summed E-state index contributed by atoms with van der Waals surface area (Å²) in [5.41, 5.74) is 2.90. The third-order valence-electron chi connectivity index (χ3n) is 5.79. The second kappa shape index (κ2) is 8.36. The van der Waals surface area contributed by atoms with Crippen molar-refractivity contribution in [1.29, 1.82) is 0 Å². The van der Waals surface area contributed by atoms with E-state index in [2.05, 4.69) is 20.3 Å². The molecule has 1 saturated carbocycles. The number of aromatic amines is 1. The number of fused-ring (bicyclic) bond motifs is 1. The number of aromatic nitrogens is 3. The van der Waals surface area contributed by atoms with Gasteiger partial charge in [0.25, 0.3) is 0 Å². The lowest BCUT2D eigenvalue weighted by Crippen LogP contribution is -2.35. The molecule has 0 bridgehead atoms. The number of oxazole rings is 1. The molecule has 0 radical (unpaired) electrons. The largest absolute Gasteiger partial charge is 0.417 e. The van der Waals surface area contributed by atoms with Crippen molar-refractivity contribution in [3.8, 4) is 0 Å². The van der Waals surface area contributed by atoms with Crippen LogP contribution >= 0.6 is 0 Å². The van der Waals surface area contributed by atoms with Crippen LogP contribution in [0.3, 0.4) is 0 Å². The van der Waals surface area contributed by atoms with E-state index < -0.39 is 21.0 Å². The first-order valence-electron chi connectivity index (χ1n) is 10.7. The maximum absolute atomic E-state index is 13.6. The number of hydrogen-bond donors (Lipinski definition) is 2. The van der Waals surface area contributed by atoms with Gasteiger partial charge in [0.1, 0.15) is 5.82 Å². The maximum Gasteiger partial charge on any atom is 0.417 e. The number of aryl methyl sites for hydroxylation is 1. The standard InChI is InChI=1S/C23H23N5O4S/c1-15-14-24-22(27-21(15)25-16-11-12-20-19(13-16)26-23(29)32-20)28(17-7-3-2-4-8-17)33(30,31)18-9-5-6-10-18/h2-4,7-8,11-14,18H,5-6,9-10H2,1H3,(H,26,29)(H,24,25,27). The zero-order valence-corrected chi connectivity index (χ0v) is 18.8. The monoisotopic (exact) mass is 465 g/mol. The fourth-order valence-electron chi connectivity index (χ4n) is 4.10. The molecular weight excluding hydrogens is 442 g/mol. The molecule has 1 aliphatic carbocycles. The molecule has 1 fully saturated rings. The van der Waals surface area contributed by atoms with E-state index in [1.165, 1.54) is 4.31 Å². The fraction of sp³-hybridized carbons (Fsp3) is 0.261. The lowest BCUT2D eigenvalue weighted by Gasteiger charge is -2.26. The van der Waals surface area contributed by atoms with Crippen LogP contribution < -0.4 is 15.4 Å². The lowest BCUT2D eigenvalue weighted by molar-refractivity contribution is 0.555. The van der Waals surface area contributed by atoms with Gasteiger partial charge in [0.2, 0.25) is 16.0 Å². The number of H-pyrrole nitrogens is 1. The average Bonchev–Trinajstić information content (AvgIpc) is 3.46. The number of anilines is 4. The number of nitrogens with zero attached hydrogens (tertiary/aromatic N) is 3. The van der Waals surface area contributed by atoms with E-state index in [0.29, 0.717) is 41.1 Å². The Bertz CT molecular complexity index is 1460. The highest BCUT2D eigenvalue weighted by Crippen LogP contribution is 2.35. The van der Waals surface area contributed by atoms with Crippen molar-refractivity contribution >= 4 is 44.3 Å². The predicted molar refractivity (Wildman–Crippen MR) is 127 cm³/mol. The van der Waals surface area contributed by atoms with Crippen LogP contribution in [0, 0.1) is 6.92 Å². The van der Waals surface area contributed by atoms with E-state index in [4.69, 9.17) is 4.42 Å². The molecule has 2 aromatic carbocycles. The van der Waals surface area contributed by atoms with E-state index in [-0.39, 0.29) is 5.95 Å². The Kier molecular flexibility index (Phi) is 5.37. The van der Waals surface area contributed by atoms with Crippen LogP contribution in [0.4, 0.5) is 23.1 Å². The Morgan fingerprint density at radius 2 is 1.88 bits per heavy atom. The Morgan fingerprint density at radius 1 is 1.12 bits per heavy atom. The number of sulfonamides is 1. The van der Waals surface area contributed by atoms with Crippen molar-refractivity contribution in [3.63, 3.8) is 0 Å². The van der Waals surface area contributed by atoms with Crippen molar-refractivity contribution in [3.05, 3.63) is 70.8 Å². The molecule has 170 valence electrons. The zero-order valence-electron chi connectivity index (χ0n) is 18.0. The number of hydrogen-bond acceptors (Lipinski definition) is 7. The van der Waals surface area contributed by atoms with Gasteiger partial charge in [0.05, 0.1) is 16.5 Å². The topological polar surface area (TPSA) is 121 Å². The summed E-state index contributed by atoms with van der Waals surface area (Å²) in [6, 6.07) is 14.1. The molecule has 0 aliphatic heterocycles. The molecular formula is C23H23N5O4S. The molecule has 2 aromatic heterocycles. The van der Waals surface area contributed by atoms with E-state index in [1.54, 1.807) is 48.7 Å². The predicted octanol–water partition coefficient (Wildman–Crippen LogP) is 4.37. The molecule has 0 atom stereocenters. The minimum atomic E-state index is -3.71. The Morgan fingerprint density at radius 3 is 2.64 bits per heavy atom. The third kappa shape index (κ3) is 4.09. The molecule has 2 heterocycles. The summed E-state index contributed by atoms with van der Waals surface area (Å²) in [6.45, 7) is 1.84. The fourth-order valence-corrected chi connectivity index (χ4v) is 6.06.